The average molecular weight is 526 g/mol. The number of amides is 2. The second-order valence-corrected chi connectivity index (χ2v) is 13.5. The standard InChI is InChI=1S/C29H43BN2O6/c1-27(2,3)36-26(34)32-13-12-20(17-32)18-35-25(33)31-24(14-19-10-8-7-9-11-19)30-37-23-16-21-15-22(28(21,4)5)29(23,6)38-30/h7-11,20-24H,12-18H2,1-6H3,(H,31,33)/t20-,21-,22-,23+,24-,29-/m0/s1. The summed E-state index contributed by atoms with van der Waals surface area (Å²) < 4.78 is 24.3. The van der Waals surface area contributed by atoms with Gasteiger partial charge in [-0.1, -0.05) is 44.2 Å². The molecule has 208 valence electrons. The third kappa shape index (κ3) is 5.41. The summed E-state index contributed by atoms with van der Waals surface area (Å²) in [5.74, 6) is 0.804. The van der Waals surface area contributed by atoms with Crippen LogP contribution in [0.2, 0.25) is 0 Å². The second kappa shape index (κ2) is 10.0. The summed E-state index contributed by atoms with van der Waals surface area (Å²) in [7, 11) is -0.540. The van der Waals surface area contributed by atoms with Crippen molar-refractivity contribution in [1.82, 2.24) is 10.2 Å². The number of nitrogens with one attached hydrogen (secondary N) is 1. The fourth-order valence-corrected chi connectivity index (χ4v) is 7.00. The van der Waals surface area contributed by atoms with Gasteiger partial charge in [0.1, 0.15) is 5.60 Å². The molecule has 38 heavy (non-hydrogen) atoms. The summed E-state index contributed by atoms with van der Waals surface area (Å²) >= 11 is 0. The van der Waals surface area contributed by atoms with Gasteiger partial charge in [0.2, 0.25) is 0 Å². The lowest BCUT2D eigenvalue weighted by atomic mass is 9.43. The second-order valence-electron chi connectivity index (χ2n) is 13.5. The number of carbonyl (C=O) groups is 2. The molecule has 5 fully saturated rings. The molecule has 2 saturated heterocycles. The predicted molar refractivity (Wildman–Crippen MR) is 144 cm³/mol. The molecule has 1 aromatic rings. The number of hydrogen-bond donors (Lipinski definition) is 1. The van der Waals surface area contributed by atoms with Crippen LogP contribution in [0.1, 0.15) is 66.4 Å². The van der Waals surface area contributed by atoms with E-state index in [1.165, 1.54) is 6.42 Å². The Morgan fingerprint density at radius 2 is 1.92 bits per heavy atom. The van der Waals surface area contributed by atoms with Crippen LogP contribution in [0, 0.1) is 23.2 Å². The Morgan fingerprint density at radius 1 is 1.18 bits per heavy atom. The minimum atomic E-state index is -0.540. The first-order valence-corrected chi connectivity index (χ1v) is 14.1. The van der Waals surface area contributed by atoms with E-state index in [1.807, 2.05) is 51.1 Å². The van der Waals surface area contributed by atoms with Crippen molar-refractivity contribution in [2.45, 2.75) is 90.5 Å². The molecule has 0 aromatic heterocycles. The third-order valence-electron chi connectivity index (χ3n) is 9.29. The van der Waals surface area contributed by atoms with Crippen LogP contribution in [-0.4, -0.2) is 67.1 Å². The SMILES string of the molecule is CC(C)(C)OC(=O)N1CC[C@H](COC(=O)N[C@@H](Cc2ccccc2)B2O[C@@H]3C[C@@H]4C[C@@H](C4(C)C)[C@]3(C)O2)C1. The molecule has 2 amide bonds. The molecule has 0 spiro atoms. The summed E-state index contributed by atoms with van der Waals surface area (Å²) in [6.07, 6.45) is 2.75. The monoisotopic (exact) mass is 526 g/mol. The first kappa shape index (κ1) is 27.3. The van der Waals surface area contributed by atoms with Crippen molar-refractivity contribution in [1.29, 1.82) is 0 Å². The summed E-state index contributed by atoms with van der Waals surface area (Å²) in [4.78, 5) is 27.0. The topological polar surface area (TPSA) is 86.3 Å². The Bertz CT molecular complexity index is 1030. The highest BCUT2D eigenvalue weighted by Gasteiger charge is 2.68. The van der Waals surface area contributed by atoms with E-state index < -0.39 is 18.8 Å². The molecular weight excluding hydrogens is 483 g/mol. The lowest BCUT2D eigenvalue weighted by Crippen LogP contribution is -2.65. The van der Waals surface area contributed by atoms with Crippen LogP contribution in [0.25, 0.3) is 0 Å². The Morgan fingerprint density at radius 3 is 2.61 bits per heavy atom. The van der Waals surface area contributed by atoms with Gasteiger partial charge in [-0.15, -0.1) is 0 Å². The van der Waals surface area contributed by atoms with E-state index in [9.17, 15) is 9.59 Å². The number of alkyl carbamates (subject to hydrolysis) is 1. The van der Waals surface area contributed by atoms with Gasteiger partial charge in [0.15, 0.2) is 0 Å². The molecule has 9 heteroatoms. The molecule has 6 atom stereocenters. The van der Waals surface area contributed by atoms with Gasteiger partial charge in [0, 0.05) is 19.0 Å². The van der Waals surface area contributed by atoms with Gasteiger partial charge in [-0.25, -0.2) is 9.59 Å². The van der Waals surface area contributed by atoms with Crippen molar-refractivity contribution in [2.75, 3.05) is 19.7 Å². The van der Waals surface area contributed by atoms with Gasteiger partial charge in [-0.2, -0.15) is 0 Å². The molecule has 3 aliphatic carbocycles. The maximum absolute atomic E-state index is 13.0. The van der Waals surface area contributed by atoms with Gasteiger partial charge >= 0.3 is 19.3 Å². The number of carbonyl (C=O) groups excluding carboxylic acids is 2. The van der Waals surface area contributed by atoms with E-state index in [1.54, 1.807) is 4.90 Å². The van der Waals surface area contributed by atoms with Gasteiger partial charge in [-0.3, -0.25) is 0 Å². The number of nitrogens with zero attached hydrogens (tertiary/aromatic N) is 1. The van der Waals surface area contributed by atoms with Crippen LogP contribution in [0.4, 0.5) is 9.59 Å². The highest BCUT2D eigenvalue weighted by molar-refractivity contribution is 6.47. The normalized spacial score (nSPS) is 32.3. The minimum Gasteiger partial charge on any atom is -0.449 e. The Labute approximate surface area is 227 Å². The zero-order chi connectivity index (χ0) is 27.3. The van der Waals surface area contributed by atoms with Gasteiger partial charge in [-0.05, 0) is 76.2 Å². The van der Waals surface area contributed by atoms with E-state index in [2.05, 4.69) is 26.1 Å². The highest BCUT2D eigenvalue weighted by Crippen LogP contribution is 2.65. The lowest BCUT2D eigenvalue weighted by molar-refractivity contribution is -0.199. The molecule has 2 heterocycles. The molecule has 2 aliphatic heterocycles. The molecular formula is C29H43BN2O6. The van der Waals surface area contributed by atoms with Crippen molar-refractivity contribution in [2.24, 2.45) is 23.2 Å². The average Bonchev–Trinajstić information content (AvgIpc) is 3.46. The number of likely N-dealkylation sites (tertiary alicyclic amines) is 1. The first-order valence-electron chi connectivity index (χ1n) is 14.1. The quantitative estimate of drug-likeness (QED) is 0.534. The zero-order valence-corrected chi connectivity index (χ0v) is 23.7. The summed E-state index contributed by atoms with van der Waals surface area (Å²) in [5, 5.41) is 3.06. The Hall–Kier alpha value is -2.26. The van der Waals surface area contributed by atoms with Crippen molar-refractivity contribution in [3.05, 3.63) is 35.9 Å². The molecule has 3 saturated carbocycles. The summed E-state index contributed by atoms with van der Waals surface area (Å²) in [6.45, 7) is 13.8. The third-order valence-corrected chi connectivity index (χ3v) is 9.29. The van der Waals surface area contributed by atoms with E-state index in [-0.39, 0.29) is 41.7 Å². The lowest BCUT2D eigenvalue weighted by Gasteiger charge is -2.64. The predicted octanol–water partition coefficient (Wildman–Crippen LogP) is 4.85. The summed E-state index contributed by atoms with van der Waals surface area (Å²) in [5.41, 5.74) is 0.463. The number of hydrogen-bond acceptors (Lipinski definition) is 6. The largest absolute Gasteiger partial charge is 0.482 e. The van der Waals surface area contributed by atoms with Gasteiger partial charge in [0.25, 0.3) is 0 Å². The first-order chi connectivity index (χ1) is 17.8. The van der Waals surface area contributed by atoms with Gasteiger partial charge < -0.3 is 29.0 Å². The molecule has 2 bridgehead atoms. The number of rotatable bonds is 6. The molecule has 1 N–H and O–H groups in total. The van der Waals surface area contributed by atoms with E-state index in [0.717, 1.165) is 18.4 Å². The molecule has 0 unspecified atom stereocenters. The molecule has 5 aliphatic rings. The van der Waals surface area contributed by atoms with Crippen LogP contribution in [0.5, 0.6) is 0 Å². The number of ether oxygens (including phenoxy) is 2. The highest BCUT2D eigenvalue weighted by atomic mass is 16.7. The smallest absolute Gasteiger partial charge is 0.449 e. The van der Waals surface area contributed by atoms with E-state index in [0.29, 0.717) is 31.3 Å². The summed E-state index contributed by atoms with van der Waals surface area (Å²) in [6, 6.07) is 10.1. The maximum atomic E-state index is 13.0. The zero-order valence-electron chi connectivity index (χ0n) is 23.7. The Kier molecular flexibility index (Phi) is 7.22. The fraction of sp³-hybridized carbons (Fsp3) is 0.724. The van der Waals surface area contributed by atoms with Crippen molar-refractivity contribution >= 4 is 19.3 Å². The van der Waals surface area contributed by atoms with Crippen molar-refractivity contribution < 1.29 is 28.4 Å². The fourth-order valence-electron chi connectivity index (χ4n) is 7.00. The maximum Gasteiger partial charge on any atom is 0.482 e. The number of benzene rings is 1. The van der Waals surface area contributed by atoms with E-state index >= 15 is 0 Å². The molecule has 8 nitrogen and oxygen atoms in total. The molecule has 0 radical (unpaired) electrons. The van der Waals surface area contributed by atoms with Gasteiger partial charge in [0.05, 0.1) is 24.3 Å². The van der Waals surface area contributed by atoms with E-state index in [4.69, 9.17) is 18.8 Å². The molecule has 6 rings (SSSR count). The van der Waals surface area contributed by atoms with Crippen LogP contribution in [-0.2, 0) is 25.2 Å². The molecule has 1 aromatic carbocycles. The van der Waals surface area contributed by atoms with Crippen molar-refractivity contribution in [3.8, 4) is 0 Å². The van der Waals surface area contributed by atoms with Crippen LogP contribution in [0.15, 0.2) is 30.3 Å². The Balaban J connectivity index is 1.19. The van der Waals surface area contributed by atoms with Crippen molar-refractivity contribution in [3.63, 3.8) is 0 Å². The van der Waals surface area contributed by atoms with Crippen LogP contribution in [0.3, 0.4) is 0 Å². The van der Waals surface area contributed by atoms with Crippen LogP contribution >= 0.6 is 0 Å². The van der Waals surface area contributed by atoms with Crippen LogP contribution < -0.4 is 5.32 Å². The minimum absolute atomic E-state index is 0.0395.